The van der Waals surface area contributed by atoms with Crippen LogP contribution < -0.4 is 5.32 Å². The summed E-state index contributed by atoms with van der Waals surface area (Å²) >= 11 is 1.89. The summed E-state index contributed by atoms with van der Waals surface area (Å²) in [6.45, 7) is 4.14. The molecule has 68 valence electrons. The summed E-state index contributed by atoms with van der Waals surface area (Å²) < 4.78 is 5.09. The zero-order valence-corrected chi connectivity index (χ0v) is 8.54. The van der Waals surface area contributed by atoms with Gasteiger partial charge in [0.1, 0.15) is 0 Å². The van der Waals surface area contributed by atoms with Gasteiger partial charge < -0.3 is 10.1 Å². The third kappa shape index (κ3) is 8.17. The lowest BCUT2D eigenvalue weighted by Crippen LogP contribution is -2.26. The van der Waals surface area contributed by atoms with Crippen molar-refractivity contribution in [2.75, 3.05) is 32.2 Å². The van der Waals surface area contributed by atoms with Crippen LogP contribution in [0.2, 0.25) is 0 Å². The maximum absolute atomic E-state index is 5.09. The average Bonchev–Trinajstić information content (AvgIpc) is 2.04. The van der Waals surface area contributed by atoms with E-state index in [0.717, 1.165) is 13.1 Å². The molecule has 0 fully saturated rings. The fourth-order valence-electron chi connectivity index (χ4n) is 0.730. The Morgan fingerprint density at radius 1 is 1.55 bits per heavy atom. The molecule has 0 spiro atoms. The molecule has 0 aromatic rings. The molecule has 0 radical (unpaired) electrons. The Morgan fingerprint density at radius 2 is 2.27 bits per heavy atom. The highest BCUT2D eigenvalue weighted by atomic mass is 32.2. The second-order valence-corrected chi connectivity index (χ2v) is 3.58. The molecule has 0 saturated carbocycles. The largest absolute Gasteiger partial charge is 0.380 e. The first kappa shape index (κ1) is 11.3. The SMILES string of the molecule is COC(C)CNCCCSC. The Bertz CT molecular complexity index is 80.5. The van der Waals surface area contributed by atoms with Gasteiger partial charge in [0.2, 0.25) is 0 Å². The second-order valence-electron chi connectivity index (χ2n) is 2.60. The molecular weight excluding hydrogens is 158 g/mol. The van der Waals surface area contributed by atoms with E-state index >= 15 is 0 Å². The van der Waals surface area contributed by atoms with Crippen LogP contribution in [0.15, 0.2) is 0 Å². The maximum Gasteiger partial charge on any atom is 0.0667 e. The summed E-state index contributed by atoms with van der Waals surface area (Å²) in [7, 11) is 1.74. The number of nitrogens with one attached hydrogen (secondary N) is 1. The van der Waals surface area contributed by atoms with Gasteiger partial charge in [0, 0.05) is 13.7 Å². The van der Waals surface area contributed by atoms with Crippen LogP contribution in [0.4, 0.5) is 0 Å². The van der Waals surface area contributed by atoms with Gasteiger partial charge in [-0.1, -0.05) is 0 Å². The van der Waals surface area contributed by atoms with E-state index < -0.39 is 0 Å². The van der Waals surface area contributed by atoms with Crippen molar-refractivity contribution in [1.82, 2.24) is 5.32 Å². The molecule has 0 amide bonds. The van der Waals surface area contributed by atoms with Crippen molar-refractivity contribution in [3.05, 3.63) is 0 Å². The summed E-state index contributed by atoms with van der Waals surface area (Å²) in [5, 5.41) is 3.33. The van der Waals surface area contributed by atoms with Crippen LogP contribution in [0.25, 0.3) is 0 Å². The molecule has 0 aromatic heterocycles. The van der Waals surface area contributed by atoms with Crippen molar-refractivity contribution in [3.8, 4) is 0 Å². The molecule has 3 heteroatoms. The summed E-state index contributed by atoms with van der Waals surface area (Å²) in [5.41, 5.74) is 0. The molecule has 1 N–H and O–H groups in total. The van der Waals surface area contributed by atoms with E-state index in [-0.39, 0.29) is 0 Å². The van der Waals surface area contributed by atoms with Gasteiger partial charge in [-0.05, 0) is 31.9 Å². The molecule has 0 aromatic carbocycles. The first-order valence-corrected chi connectivity index (χ1v) is 5.43. The lowest BCUT2D eigenvalue weighted by molar-refractivity contribution is 0.117. The van der Waals surface area contributed by atoms with Crippen molar-refractivity contribution >= 4 is 11.8 Å². The average molecular weight is 177 g/mol. The van der Waals surface area contributed by atoms with Crippen molar-refractivity contribution in [2.45, 2.75) is 19.4 Å². The molecule has 0 saturated heterocycles. The number of hydrogen-bond donors (Lipinski definition) is 1. The van der Waals surface area contributed by atoms with E-state index in [2.05, 4.69) is 18.5 Å². The smallest absolute Gasteiger partial charge is 0.0667 e. The first-order valence-electron chi connectivity index (χ1n) is 4.03. The quantitative estimate of drug-likeness (QED) is 0.593. The summed E-state index contributed by atoms with van der Waals surface area (Å²) in [4.78, 5) is 0. The molecule has 1 unspecified atom stereocenters. The van der Waals surface area contributed by atoms with Crippen molar-refractivity contribution < 1.29 is 4.74 Å². The van der Waals surface area contributed by atoms with Crippen LogP contribution >= 0.6 is 11.8 Å². The number of methoxy groups -OCH3 is 1. The van der Waals surface area contributed by atoms with Crippen molar-refractivity contribution in [3.63, 3.8) is 0 Å². The van der Waals surface area contributed by atoms with Crippen LogP contribution in [0.1, 0.15) is 13.3 Å². The monoisotopic (exact) mass is 177 g/mol. The second kappa shape index (κ2) is 8.37. The molecule has 2 nitrogen and oxygen atoms in total. The standard InChI is InChI=1S/C8H19NOS/c1-8(10-2)7-9-5-4-6-11-3/h8-9H,4-7H2,1-3H3. The Morgan fingerprint density at radius 3 is 2.82 bits per heavy atom. The zero-order chi connectivity index (χ0) is 8.53. The highest BCUT2D eigenvalue weighted by Gasteiger charge is 1.96. The predicted molar refractivity (Wildman–Crippen MR) is 52.3 cm³/mol. The van der Waals surface area contributed by atoms with Crippen molar-refractivity contribution in [1.29, 1.82) is 0 Å². The molecule has 11 heavy (non-hydrogen) atoms. The Hall–Kier alpha value is 0.270. The zero-order valence-electron chi connectivity index (χ0n) is 7.72. The van der Waals surface area contributed by atoms with Gasteiger partial charge >= 0.3 is 0 Å². The summed E-state index contributed by atoms with van der Waals surface area (Å²) in [6.07, 6.45) is 3.72. The fourth-order valence-corrected chi connectivity index (χ4v) is 1.16. The molecule has 0 bridgehead atoms. The van der Waals surface area contributed by atoms with Gasteiger partial charge in [-0.15, -0.1) is 0 Å². The molecule has 0 aliphatic rings. The third-order valence-corrected chi connectivity index (χ3v) is 2.23. The molecule has 0 aliphatic carbocycles. The minimum atomic E-state index is 0.337. The van der Waals surface area contributed by atoms with E-state index in [1.165, 1.54) is 12.2 Å². The molecular formula is C8H19NOS. The molecule has 0 heterocycles. The van der Waals surface area contributed by atoms with E-state index in [1.807, 2.05) is 11.8 Å². The van der Waals surface area contributed by atoms with Gasteiger partial charge in [0.25, 0.3) is 0 Å². The van der Waals surface area contributed by atoms with E-state index in [9.17, 15) is 0 Å². The first-order chi connectivity index (χ1) is 5.31. The van der Waals surface area contributed by atoms with Crippen LogP contribution in [0.3, 0.4) is 0 Å². The van der Waals surface area contributed by atoms with Crippen molar-refractivity contribution in [2.24, 2.45) is 0 Å². The van der Waals surface area contributed by atoms with Crippen LogP contribution in [0, 0.1) is 0 Å². The van der Waals surface area contributed by atoms with E-state index in [1.54, 1.807) is 7.11 Å². The number of rotatable bonds is 7. The van der Waals surface area contributed by atoms with Gasteiger partial charge in [0.05, 0.1) is 6.10 Å². The Labute approximate surface area is 74.1 Å². The van der Waals surface area contributed by atoms with Gasteiger partial charge in [-0.3, -0.25) is 0 Å². The van der Waals surface area contributed by atoms with Crippen LogP contribution in [0.5, 0.6) is 0 Å². The molecule has 1 atom stereocenters. The number of hydrogen-bond acceptors (Lipinski definition) is 3. The lowest BCUT2D eigenvalue weighted by atomic mass is 10.4. The normalized spacial score (nSPS) is 13.4. The summed E-state index contributed by atoms with van der Waals surface area (Å²) in [6, 6.07) is 0. The fraction of sp³-hybridized carbons (Fsp3) is 1.00. The van der Waals surface area contributed by atoms with E-state index in [0.29, 0.717) is 6.10 Å². The third-order valence-electron chi connectivity index (χ3n) is 1.54. The van der Waals surface area contributed by atoms with E-state index in [4.69, 9.17) is 4.74 Å². The highest BCUT2D eigenvalue weighted by Crippen LogP contribution is 1.93. The predicted octanol–water partition coefficient (Wildman–Crippen LogP) is 1.36. The van der Waals surface area contributed by atoms with Crippen LogP contribution in [-0.2, 0) is 4.74 Å². The molecule has 0 aliphatic heterocycles. The minimum Gasteiger partial charge on any atom is -0.380 e. The summed E-state index contributed by atoms with van der Waals surface area (Å²) in [5.74, 6) is 1.24. The lowest BCUT2D eigenvalue weighted by Gasteiger charge is -2.09. The molecule has 0 rings (SSSR count). The topological polar surface area (TPSA) is 21.3 Å². The maximum atomic E-state index is 5.09. The Balaban J connectivity index is 2.89. The van der Waals surface area contributed by atoms with Crippen LogP contribution in [-0.4, -0.2) is 38.3 Å². The number of thioether (sulfide) groups is 1. The highest BCUT2D eigenvalue weighted by molar-refractivity contribution is 7.98. The number of ether oxygens (including phenoxy) is 1. The Kier molecular flexibility index (Phi) is 8.57. The minimum absolute atomic E-state index is 0.337. The van der Waals surface area contributed by atoms with Gasteiger partial charge in [0.15, 0.2) is 0 Å². The van der Waals surface area contributed by atoms with Gasteiger partial charge in [-0.25, -0.2) is 0 Å². The van der Waals surface area contributed by atoms with Gasteiger partial charge in [-0.2, -0.15) is 11.8 Å².